The maximum absolute atomic E-state index is 13.1. The van der Waals surface area contributed by atoms with Crippen molar-refractivity contribution in [2.45, 2.75) is 352 Å². The Morgan fingerprint density at radius 3 is 1.14 bits per heavy atom. The highest BCUT2D eigenvalue weighted by molar-refractivity contribution is 5.76. The van der Waals surface area contributed by atoms with Crippen LogP contribution in [-0.4, -0.2) is 87.5 Å². The third-order valence-electron chi connectivity index (χ3n) is 16.0. The van der Waals surface area contributed by atoms with Crippen molar-refractivity contribution in [3.63, 3.8) is 0 Å². The van der Waals surface area contributed by atoms with Crippen LogP contribution in [-0.2, 0) is 14.3 Å². The van der Waals surface area contributed by atoms with E-state index in [1.54, 1.807) is 6.08 Å². The van der Waals surface area contributed by atoms with Crippen LogP contribution in [0.4, 0.5) is 0 Å². The maximum atomic E-state index is 13.1. The summed E-state index contributed by atoms with van der Waals surface area (Å²) in [6, 6.07) is -0.821. The Kier molecular flexibility index (Phi) is 57.0. The Balaban J connectivity index is 2.16. The summed E-state index contributed by atoms with van der Waals surface area (Å²) >= 11 is 0. The zero-order valence-corrected chi connectivity index (χ0v) is 52.5. The van der Waals surface area contributed by atoms with Crippen LogP contribution in [0.3, 0.4) is 0 Å². The minimum Gasteiger partial charge on any atom is -0.394 e. The van der Waals surface area contributed by atoms with Crippen LogP contribution in [0.5, 0.6) is 0 Å². The number of unbranched alkanes of at least 4 members (excludes halogenated alkanes) is 37. The molecule has 1 amide bonds. The molecule has 1 aliphatic heterocycles. The largest absolute Gasteiger partial charge is 0.394 e. The second-order valence-corrected chi connectivity index (χ2v) is 23.6. The summed E-state index contributed by atoms with van der Waals surface area (Å²) in [7, 11) is 0. The average molecular weight is 1140 g/mol. The Morgan fingerprint density at radius 2 is 0.765 bits per heavy atom. The molecule has 81 heavy (non-hydrogen) atoms. The second kappa shape index (κ2) is 60.5. The van der Waals surface area contributed by atoms with E-state index in [1.807, 2.05) is 6.08 Å². The fourth-order valence-electron chi connectivity index (χ4n) is 10.6. The van der Waals surface area contributed by atoms with Crippen molar-refractivity contribution >= 4 is 5.91 Å². The van der Waals surface area contributed by atoms with E-state index in [0.717, 1.165) is 103 Å². The van der Waals surface area contributed by atoms with E-state index < -0.39 is 49.5 Å². The first-order chi connectivity index (χ1) is 39.8. The molecule has 0 saturated carbocycles. The molecule has 1 fully saturated rings. The molecule has 0 aliphatic carbocycles. The van der Waals surface area contributed by atoms with Crippen molar-refractivity contribution in [2.75, 3.05) is 13.2 Å². The molecular weight excluding hydrogens is 1010 g/mol. The minimum absolute atomic E-state index is 0.191. The molecule has 0 aromatic heterocycles. The molecule has 0 spiro atoms. The molecule has 0 radical (unpaired) electrons. The minimum atomic E-state index is -1.58. The van der Waals surface area contributed by atoms with Gasteiger partial charge in [0.25, 0.3) is 0 Å². The third-order valence-corrected chi connectivity index (χ3v) is 16.0. The van der Waals surface area contributed by atoms with Crippen molar-refractivity contribution in [3.8, 4) is 0 Å². The lowest BCUT2D eigenvalue weighted by atomic mass is 9.99. The lowest BCUT2D eigenvalue weighted by Crippen LogP contribution is -2.60. The standard InChI is InChI=1S/C72H129NO8/c1-3-5-7-9-11-13-15-17-19-21-23-25-27-29-30-31-32-33-34-35-36-38-39-41-43-45-47-49-51-53-55-57-59-61-66(75)65(64-80-72-71(79)70(78)69(77)67(63-74)81-72)73-68(76)62-60-58-56-54-52-50-48-46-44-42-40-37-28-26-24-22-20-18-16-14-12-10-8-6-4-2/h6,8,12,14,18,20,24,26,37,40,44,46,59,61,65-67,69-72,74-75,77-79H,3-5,7,9-11,13,15-17,19,21-23,25,27-36,38-39,41-43,45,47-58,60,62-64H2,1-2H3,(H,73,76)/b8-6-,14-12-,20-18-,26-24-,40-37-,46-44-,61-59+. The number of nitrogens with one attached hydrogen (secondary N) is 1. The molecule has 0 aromatic rings. The summed E-state index contributed by atoms with van der Waals surface area (Å²) in [5, 5.41) is 54.7. The molecule has 7 unspecified atom stereocenters. The predicted octanol–water partition coefficient (Wildman–Crippen LogP) is 18.5. The number of aliphatic hydroxyl groups is 5. The number of aliphatic hydroxyl groups excluding tert-OH is 5. The number of ether oxygens (including phenoxy) is 2. The van der Waals surface area contributed by atoms with Crippen molar-refractivity contribution < 1.29 is 39.8 Å². The highest BCUT2D eigenvalue weighted by Gasteiger charge is 2.44. The second-order valence-electron chi connectivity index (χ2n) is 23.6. The van der Waals surface area contributed by atoms with E-state index >= 15 is 0 Å². The number of amides is 1. The third kappa shape index (κ3) is 49.4. The molecule has 9 heteroatoms. The summed E-state index contributed by atoms with van der Waals surface area (Å²) in [4.78, 5) is 13.1. The molecule has 1 heterocycles. The summed E-state index contributed by atoms with van der Waals surface area (Å²) in [6.45, 7) is 3.69. The van der Waals surface area contributed by atoms with E-state index in [2.05, 4.69) is 92.1 Å². The van der Waals surface area contributed by atoms with Crippen LogP contribution >= 0.6 is 0 Å². The highest BCUT2D eigenvalue weighted by atomic mass is 16.7. The Morgan fingerprint density at radius 1 is 0.432 bits per heavy atom. The van der Waals surface area contributed by atoms with Crippen molar-refractivity contribution in [1.82, 2.24) is 5.32 Å². The molecule has 0 bridgehead atoms. The number of rotatable bonds is 59. The zero-order valence-electron chi connectivity index (χ0n) is 52.5. The molecular formula is C72H129NO8. The normalized spacial score (nSPS) is 18.9. The van der Waals surface area contributed by atoms with Gasteiger partial charge in [-0.3, -0.25) is 4.79 Å². The molecule has 1 aliphatic rings. The molecule has 1 rings (SSSR count). The van der Waals surface area contributed by atoms with E-state index in [4.69, 9.17) is 9.47 Å². The first-order valence-corrected chi connectivity index (χ1v) is 34.3. The van der Waals surface area contributed by atoms with Crippen LogP contribution in [0.1, 0.15) is 309 Å². The van der Waals surface area contributed by atoms with E-state index in [0.29, 0.717) is 6.42 Å². The maximum Gasteiger partial charge on any atom is 0.220 e. The average Bonchev–Trinajstić information content (AvgIpc) is 3.49. The van der Waals surface area contributed by atoms with Crippen LogP contribution in [0.15, 0.2) is 85.1 Å². The van der Waals surface area contributed by atoms with Gasteiger partial charge in [-0.05, 0) is 70.6 Å². The van der Waals surface area contributed by atoms with E-state index in [-0.39, 0.29) is 12.5 Å². The zero-order chi connectivity index (χ0) is 58.6. The fraction of sp³-hybridized carbons (Fsp3) is 0.792. The Bertz CT molecular complexity index is 1550. The smallest absolute Gasteiger partial charge is 0.220 e. The van der Waals surface area contributed by atoms with Gasteiger partial charge in [-0.1, -0.05) is 317 Å². The van der Waals surface area contributed by atoms with Gasteiger partial charge in [-0.25, -0.2) is 0 Å². The van der Waals surface area contributed by atoms with E-state index in [1.165, 1.54) is 186 Å². The highest BCUT2D eigenvalue weighted by Crippen LogP contribution is 2.23. The Hall–Kier alpha value is -2.63. The lowest BCUT2D eigenvalue weighted by molar-refractivity contribution is -0.302. The van der Waals surface area contributed by atoms with Crippen LogP contribution in [0, 0.1) is 0 Å². The molecule has 470 valence electrons. The molecule has 7 atom stereocenters. The quantitative estimate of drug-likeness (QED) is 0.0261. The summed E-state index contributed by atoms with van der Waals surface area (Å²) in [5.41, 5.74) is 0. The lowest BCUT2D eigenvalue weighted by Gasteiger charge is -2.40. The first-order valence-electron chi connectivity index (χ1n) is 34.3. The SMILES string of the molecule is CC/C=C\C/C=C\C/C=C\C/C=C\C/C=C\C/C=C\CCCCCCCCC(=O)NC(COC1OC(CO)C(O)C(O)C1O)C(O)/C=C/CCCCCCCCCCCCCCCCCCCCCCCCCCCCCCCCC. The monoisotopic (exact) mass is 1140 g/mol. The first kappa shape index (κ1) is 76.4. The van der Waals surface area contributed by atoms with Crippen LogP contribution in [0.2, 0.25) is 0 Å². The Labute approximate surface area is 499 Å². The van der Waals surface area contributed by atoms with Crippen molar-refractivity contribution in [2.24, 2.45) is 0 Å². The number of hydrogen-bond donors (Lipinski definition) is 6. The van der Waals surface area contributed by atoms with Crippen molar-refractivity contribution in [1.29, 1.82) is 0 Å². The predicted molar refractivity (Wildman–Crippen MR) is 345 cm³/mol. The molecule has 9 nitrogen and oxygen atoms in total. The fourth-order valence-corrected chi connectivity index (χ4v) is 10.6. The van der Waals surface area contributed by atoms with Crippen LogP contribution < -0.4 is 5.32 Å². The van der Waals surface area contributed by atoms with Gasteiger partial charge in [0.1, 0.15) is 24.4 Å². The van der Waals surface area contributed by atoms with Gasteiger partial charge in [-0.2, -0.15) is 0 Å². The topological polar surface area (TPSA) is 149 Å². The molecule has 6 N–H and O–H groups in total. The van der Waals surface area contributed by atoms with Gasteiger partial charge in [0, 0.05) is 6.42 Å². The number of allylic oxidation sites excluding steroid dienone is 13. The number of hydrogen-bond acceptors (Lipinski definition) is 8. The van der Waals surface area contributed by atoms with Crippen molar-refractivity contribution in [3.05, 3.63) is 85.1 Å². The molecule has 0 aromatic carbocycles. The summed E-state index contributed by atoms with van der Waals surface area (Å²) in [5.74, 6) is -0.191. The number of carbonyl (C=O) groups is 1. The summed E-state index contributed by atoms with van der Waals surface area (Å²) < 4.78 is 11.3. The van der Waals surface area contributed by atoms with Gasteiger partial charge in [-0.15, -0.1) is 0 Å². The molecule has 1 saturated heterocycles. The van der Waals surface area contributed by atoms with Gasteiger partial charge in [0.15, 0.2) is 6.29 Å². The summed E-state index contributed by atoms with van der Waals surface area (Å²) in [6.07, 6.45) is 79.7. The van der Waals surface area contributed by atoms with Gasteiger partial charge < -0.3 is 40.3 Å². The van der Waals surface area contributed by atoms with Gasteiger partial charge in [0.2, 0.25) is 5.91 Å². The van der Waals surface area contributed by atoms with Gasteiger partial charge in [0.05, 0.1) is 25.4 Å². The van der Waals surface area contributed by atoms with E-state index in [9.17, 15) is 30.3 Å². The van der Waals surface area contributed by atoms with Gasteiger partial charge >= 0.3 is 0 Å². The van der Waals surface area contributed by atoms with Crippen LogP contribution in [0.25, 0.3) is 0 Å². The number of carbonyl (C=O) groups excluding carboxylic acids is 1.